The Balaban J connectivity index is 2.04. The third-order valence-corrected chi connectivity index (χ3v) is 3.07. The molecule has 0 aliphatic rings. The largest absolute Gasteiger partial charge is 0.352 e. The van der Waals surface area contributed by atoms with E-state index in [-0.39, 0.29) is 12.2 Å². The number of rotatable bonds is 3. The SMILES string of the molecule is O=c1[nH]n(-c2ccccc2)c(=O)n1Cc1ccccc1. The van der Waals surface area contributed by atoms with Crippen LogP contribution in [0.5, 0.6) is 0 Å². The lowest BCUT2D eigenvalue weighted by molar-refractivity contribution is 0.723. The molecule has 20 heavy (non-hydrogen) atoms. The second-order valence-electron chi connectivity index (χ2n) is 4.44. The first kappa shape index (κ1) is 12.2. The summed E-state index contributed by atoms with van der Waals surface area (Å²) in [6.45, 7) is 0.259. The van der Waals surface area contributed by atoms with Gasteiger partial charge in [0.15, 0.2) is 0 Å². The molecule has 0 spiro atoms. The second kappa shape index (κ2) is 5.05. The van der Waals surface area contributed by atoms with Gasteiger partial charge in [0.2, 0.25) is 0 Å². The molecule has 0 aliphatic heterocycles. The molecule has 1 aromatic heterocycles. The fraction of sp³-hybridized carbons (Fsp3) is 0.0667. The Hall–Kier alpha value is -2.82. The van der Waals surface area contributed by atoms with Gasteiger partial charge in [-0.3, -0.25) is 0 Å². The van der Waals surface area contributed by atoms with Crippen LogP contribution in [0.25, 0.3) is 5.69 Å². The van der Waals surface area contributed by atoms with Gasteiger partial charge in [0.05, 0.1) is 12.2 Å². The van der Waals surface area contributed by atoms with Gasteiger partial charge in [-0.25, -0.2) is 23.9 Å². The maximum Gasteiger partial charge on any atom is 0.352 e. The van der Waals surface area contributed by atoms with E-state index >= 15 is 0 Å². The standard InChI is InChI=1S/C15H13N3O2/c19-14-16-18(13-9-5-2-6-10-13)15(20)17(14)11-12-7-3-1-4-8-12/h1-10H,11H2,(H,16,19). The zero-order valence-electron chi connectivity index (χ0n) is 10.7. The molecule has 0 amide bonds. The lowest BCUT2D eigenvalue weighted by Crippen LogP contribution is -2.28. The maximum absolute atomic E-state index is 12.3. The first-order valence-corrected chi connectivity index (χ1v) is 6.27. The summed E-state index contributed by atoms with van der Waals surface area (Å²) in [5.41, 5.74) is 0.764. The van der Waals surface area contributed by atoms with Crippen LogP contribution in [0, 0.1) is 0 Å². The van der Waals surface area contributed by atoms with E-state index in [2.05, 4.69) is 5.10 Å². The van der Waals surface area contributed by atoms with E-state index in [9.17, 15) is 9.59 Å². The molecule has 1 N–H and O–H groups in total. The Labute approximate surface area is 114 Å². The van der Waals surface area contributed by atoms with Gasteiger partial charge in [0.25, 0.3) is 0 Å². The van der Waals surface area contributed by atoms with Crippen LogP contribution in [-0.2, 0) is 6.54 Å². The Morgan fingerprint density at radius 2 is 1.45 bits per heavy atom. The number of hydrogen-bond donors (Lipinski definition) is 1. The second-order valence-corrected chi connectivity index (χ2v) is 4.44. The zero-order chi connectivity index (χ0) is 13.9. The highest BCUT2D eigenvalue weighted by molar-refractivity contribution is 5.29. The molecule has 0 unspecified atom stereocenters. The summed E-state index contributed by atoms with van der Waals surface area (Å²) in [5, 5.41) is 2.56. The van der Waals surface area contributed by atoms with Gasteiger partial charge in [0.1, 0.15) is 0 Å². The van der Waals surface area contributed by atoms with Crippen molar-refractivity contribution in [3.05, 3.63) is 87.2 Å². The third kappa shape index (κ3) is 2.21. The molecule has 3 aromatic rings. The van der Waals surface area contributed by atoms with Crippen molar-refractivity contribution in [1.82, 2.24) is 14.3 Å². The maximum atomic E-state index is 12.3. The summed E-state index contributed by atoms with van der Waals surface area (Å²) in [6, 6.07) is 18.4. The van der Waals surface area contributed by atoms with Gasteiger partial charge in [-0.2, -0.15) is 0 Å². The minimum Gasteiger partial charge on any atom is -0.246 e. The molecule has 0 fully saturated rings. The van der Waals surface area contributed by atoms with Crippen molar-refractivity contribution in [2.75, 3.05) is 0 Å². The van der Waals surface area contributed by atoms with Crippen LogP contribution in [0.3, 0.4) is 0 Å². The smallest absolute Gasteiger partial charge is 0.246 e. The molecular weight excluding hydrogens is 254 g/mol. The van der Waals surface area contributed by atoms with Crippen LogP contribution in [0.4, 0.5) is 0 Å². The van der Waals surface area contributed by atoms with E-state index in [1.807, 2.05) is 48.5 Å². The van der Waals surface area contributed by atoms with Crippen molar-refractivity contribution < 1.29 is 0 Å². The van der Waals surface area contributed by atoms with Gasteiger partial charge < -0.3 is 0 Å². The molecule has 2 aromatic carbocycles. The highest BCUT2D eigenvalue weighted by Gasteiger charge is 2.10. The molecule has 0 aliphatic carbocycles. The summed E-state index contributed by atoms with van der Waals surface area (Å²) >= 11 is 0. The Bertz CT molecular complexity index is 814. The van der Waals surface area contributed by atoms with Gasteiger partial charge in [-0.05, 0) is 17.7 Å². The zero-order valence-corrected chi connectivity index (χ0v) is 10.7. The summed E-state index contributed by atoms with van der Waals surface area (Å²) in [4.78, 5) is 24.2. The minimum absolute atomic E-state index is 0.259. The van der Waals surface area contributed by atoms with E-state index in [4.69, 9.17) is 0 Å². The van der Waals surface area contributed by atoms with Crippen LogP contribution >= 0.6 is 0 Å². The molecule has 0 radical (unpaired) electrons. The first-order chi connectivity index (χ1) is 9.75. The summed E-state index contributed by atoms with van der Waals surface area (Å²) < 4.78 is 2.44. The molecule has 3 rings (SSSR count). The van der Waals surface area contributed by atoms with Crippen molar-refractivity contribution in [1.29, 1.82) is 0 Å². The van der Waals surface area contributed by atoms with Gasteiger partial charge in [0, 0.05) is 0 Å². The average Bonchev–Trinajstić information content (AvgIpc) is 2.77. The monoisotopic (exact) mass is 267 g/mol. The number of benzene rings is 2. The fourth-order valence-electron chi connectivity index (χ4n) is 2.07. The van der Waals surface area contributed by atoms with Gasteiger partial charge in [-0.1, -0.05) is 48.5 Å². The fourth-order valence-corrected chi connectivity index (χ4v) is 2.07. The van der Waals surface area contributed by atoms with Crippen LogP contribution in [0.1, 0.15) is 5.56 Å². The highest BCUT2D eigenvalue weighted by Crippen LogP contribution is 2.02. The summed E-state index contributed by atoms with van der Waals surface area (Å²) in [6.07, 6.45) is 0. The van der Waals surface area contributed by atoms with Crippen LogP contribution < -0.4 is 11.4 Å². The predicted molar refractivity (Wildman–Crippen MR) is 76.2 cm³/mol. The molecule has 0 saturated carbocycles. The topological polar surface area (TPSA) is 59.8 Å². The number of hydrogen-bond acceptors (Lipinski definition) is 2. The van der Waals surface area contributed by atoms with E-state index < -0.39 is 5.69 Å². The quantitative estimate of drug-likeness (QED) is 0.779. The van der Waals surface area contributed by atoms with Crippen LogP contribution in [-0.4, -0.2) is 14.3 Å². The molecule has 1 heterocycles. The molecule has 0 bridgehead atoms. The van der Waals surface area contributed by atoms with Crippen LogP contribution in [0.15, 0.2) is 70.3 Å². The Morgan fingerprint density at radius 3 is 2.10 bits per heavy atom. The predicted octanol–water partition coefficient (Wildman–Crippen LogP) is 1.38. The lowest BCUT2D eigenvalue weighted by atomic mass is 10.2. The van der Waals surface area contributed by atoms with Crippen LogP contribution in [0.2, 0.25) is 0 Å². The number of aromatic amines is 1. The normalized spacial score (nSPS) is 10.6. The van der Waals surface area contributed by atoms with E-state index in [0.29, 0.717) is 5.69 Å². The van der Waals surface area contributed by atoms with Gasteiger partial charge in [-0.15, -0.1) is 0 Å². The van der Waals surface area contributed by atoms with Gasteiger partial charge >= 0.3 is 11.4 Å². The third-order valence-electron chi connectivity index (χ3n) is 3.07. The molecule has 5 heteroatoms. The number of H-pyrrole nitrogens is 1. The number of nitrogens with one attached hydrogen (secondary N) is 1. The highest BCUT2D eigenvalue weighted by atomic mass is 16.2. The van der Waals surface area contributed by atoms with Crippen molar-refractivity contribution in [3.63, 3.8) is 0 Å². The van der Waals surface area contributed by atoms with E-state index in [1.54, 1.807) is 12.1 Å². The number of nitrogens with zero attached hydrogens (tertiary/aromatic N) is 2. The van der Waals surface area contributed by atoms with Crippen molar-refractivity contribution in [2.24, 2.45) is 0 Å². The molecule has 5 nitrogen and oxygen atoms in total. The Morgan fingerprint density at radius 1 is 0.850 bits per heavy atom. The summed E-state index contributed by atoms with van der Waals surface area (Å²) in [7, 11) is 0. The minimum atomic E-state index is -0.414. The first-order valence-electron chi connectivity index (χ1n) is 6.27. The summed E-state index contributed by atoms with van der Waals surface area (Å²) in [5.74, 6) is 0. The lowest BCUT2D eigenvalue weighted by Gasteiger charge is -2.00. The van der Waals surface area contributed by atoms with E-state index in [0.717, 1.165) is 5.56 Å². The molecule has 100 valence electrons. The molecule has 0 saturated heterocycles. The average molecular weight is 267 g/mol. The Kier molecular flexibility index (Phi) is 3.09. The van der Waals surface area contributed by atoms with Crippen molar-refractivity contribution in [2.45, 2.75) is 6.54 Å². The van der Waals surface area contributed by atoms with Crippen molar-refractivity contribution >= 4 is 0 Å². The number of aromatic nitrogens is 3. The van der Waals surface area contributed by atoms with E-state index in [1.165, 1.54) is 9.25 Å². The molecular formula is C15H13N3O2. The van der Waals surface area contributed by atoms with Crippen molar-refractivity contribution in [3.8, 4) is 5.69 Å². The molecule has 0 atom stereocenters. The number of para-hydroxylation sites is 1.